The van der Waals surface area contributed by atoms with Crippen molar-refractivity contribution in [1.29, 1.82) is 0 Å². The molecular weight excluding hydrogens is 497 g/mol. The molecular formula is C29H21ClFNO5. The second kappa shape index (κ2) is 8.35. The molecule has 6 rings (SSSR count). The van der Waals surface area contributed by atoms with Gasteiger partial charge in [-0.1, -0.05) is 35.4 Å². The molecule has 0 spiro atoms. The maximum absolute atomic E-state index is 14.5. The molecule has 1 N–H and O–H groups in total. The van der Waals surface area contributed by atoms with Crippen LogP contribution in [0.4, 0.5) is 10.1 Å². The predicted octanol–water partition coefficient (Wildman–Crippen LogP) is 4.82. The van der Waals surface area contributed by atoms with Crippen LogP contribution >= 0.6 is 11.6 Å². The molecule has 0 aromatic heterocycles. The van der Waals surface area contributed by atoms with Crippen molar-refractivity contribution in [2.45, 2.75) is 25.7 Å². The van der Waals surface area contributed by atoms with Crippen molar-refractivity contribution in [2.75, 3.05) is 4.90 Å². The molecule has 1 aliphatic heterocycles. The van der Waals surface area contributed by atoms with E-state index in [-0.39, 0.29) is 58.5 Å². The number of phenols is 1. The molecule has 2 aromatic carbocycles. The number of allylic oxidation sites excluding steroid dienone is 6. The van der Waals surface area contributed by atoms with Gasteiger partial charge in [0.25, 0.3) is 0 Å². The van der Waals surface area contributed by atoms with E-state index in [1.165, 1.54) is 23.1 Å². The van der Waals surface area contributed by atoms with Gasteiger partial charge in [0.15, 0.2) is 23.1 Å². The number of ketones is 2. The van der Waals surface area contributed by atoms with E-state index >= 15 is 0 Å². The van der Waals surface area contributed by atoms with E-state index in [9.17, 15) is 28.7 Å². The Morgan fingerprint density at radius 1 is 1.00 bits per heavy atom. The van der Waals surface area contributed by atoms with Gasteiger partial charge < -0.3 is 5.11 Å². The van der Waals surface area contributed by atoms with Crippen LogP contribution in [0.5, 0.6) is 5.75 Å². The highest BCUT2D eigenvalue weighted by Gasteiger charge is 2.56. The molecule has 3 aliphatic carbocycles. The number of nitrogens with zero attached hydrogens (tertiary/aromatic N) is 1. The smallest absolute Gasteiger partial charge is 0.238 e. The van der Waals surface area contributed by atoms with Gasteiger partial charge in [0, 0.05) is 33.2 Å². The Hall–Kier alpha value is -3.84. The van der Waals surface area contributed by atoms with Gasteiger partial charge in [0.1, 0.15) is 0 Å². The first-order valence-corrected chi connectivity index (χ1v) is 12.4. The lowest BCUT2D eigenvalue weighted by Crippen LogP contribution is -2.39. The Morgan fingerprint density at radius 3 is 2.46 bits per heavy atom. The largest absolute Gasteiger partial charge is 0.505 e. The molecule has 2 amide bonds. The molecule has 0 radical (unpaired) electrons. The fraction of sp³-hybridized carbons (Fsp3) is 0.241. The van der Waals surface area contributed by atoms with Crippen molar-refractivity contribution in [3.8, 4) is 5.75 Å². The summed E-state index contributed by atoms with van der Waals surface area (Å²) in [6.45, 7) is 1.55. The quantitative estimate of drug-likeness (QED) is 0.350. The zero-order valence-electron chi connectivity index (χ0n) is 19.7. The summed E-state index contributed by atoms with van der Waals surface area (Å²) in [4.78, 5) is 54.8. The molecule has 1 fully saturated rings. The van der Waals surface area contributed by atoms with Crippen LogP contribution in [0, 0.1) is 23.6 Å². The molecule has 0 bridgehead atoms. The second-order valence-electron chi connectivity index (χ2n) is 9.89. The molecule has 4 atom stereocenters. The van der Waals surface area contributed by atoms with Crippen molar-refractivity contribution in [3.63, 3.8) is 0 Å². The fourth-order valence-electron chi connectivity index (χ4n) is 6.33. The van der Waals surface area contributed by atoms with Gasteiger partial charge in [-0.25, -0.2) is 4.39 Å². The van der Waals surface area contributed by atoms with Crippen molar-refractivity contribution in [2.24, 2.45) is 17.8 Å². The Labute approximate surface area is 216 Å². The van der Waals surface area contributed by atoms with E-state index in [4.69, 9.17) is 11.6 Å². The van der Waals surface area contributed by atoms with Crippen LogP contribution in [0.3, 0.4) is 0 Å². The third kappa shape index (κ3) is 3.37. The van der Waals surface area contributed by atoms with Crippen molar-refractivity contribution in [3.05, 3.63) is 93.3 Å². The molecule has 1 heterocycles. The van der Waals surface area contributed by atoms with E-state index in [1.54, 1.807) is 31.2 Å². The summed E-state index contributed by atoms with van der Waals surface area (Å²) in [6, 6.07) is 10.5. The van der Waals surface area contributed by atoms with Crippen LogP contribution in [0.15, 0.2) is 76.9 Å². The topological polar surface area (TPSA) is 91.8 Å². The molecule has 4 aliphatic rings. The maximum Gasteiger partial charge on any atom is 0.238 e. The molecule has 6 nitrogen and oxygen atoms in total. The lowest BCUT2D eigenvalue weighted by atomic mass is 9.59. The summed E-state index contributed by atoms with van der Waals surface area (Å²) < 4.78 is 14.5. The number of Topliss-reactive ketones (excluding diaryl/α,β-unsaturated/α-hetero) is 1. The lowest BCUT2D eigenvalue weighted by Gasteiger charge is -2.42. The highest BCUT2D eigenvalue weighted by atomic mass is 35.5. The zero-order valence-corrected chi connectivity index (χ0v) is 20.5. The van der Waals surface area contributed by atoms with Crippen LogP contribution in [-0.2, 0) is 19.2 Å². The van der Waals surface area contributed by atoms with Crippen molar-refractivity contribution >= 4 is 40.7 Å². The minimum atomic E-state index is -0.905. The summed E-state index contributed by atoms with van der Waals surface area (Å²) in [5.74, 6) is -5.73. The maximum atomic E-state index is 14.5. The molecule has 1 saturated heterocycles. The summed E-state index contributed by atoms with van der Waals surface area (Å²) in [5.41, 5.74) is 1.93. The van der Waals surface area contributed by atoms with E-state index in [1.807, 2.05) is 6.08 Å². The van der Waals surface area contributed by atoms with Gasteiger partial charge in [-0.05, 0) is 62.1 Å². The van der Waals surface area contributed by atoms with Gasteiger partial charge in [0.05, 0.1) is 17.5 Å². The number of halogens is 2. The number of aromatic hydroxyl groups is 1. The fourth-order valence-corrected chi connectivity index (χ4v) is 6.45. The number of carbonyl (C=O) groups excluding carboxylic acids is 4. The number of imide groups is 1. The third-order valence-corrected chi connectivity index (χ3v) is 8.23. The lowest BCUT2D eigenvalue weighted by molar-refractivity contribution is -0.123. The van der Waals surface area contributed by atoms with Crippen molar-refractivity contribution in [1.82, 2.24) is 0 Å². The van der Waals surface area contributed by atoms with Crippen LogP contribution in [0.25, 0.3) is 0 Å². The number of rotatable bonds is 2. The van der Waals surface area contributed by atoms with Crippen molar-refractivity contribution < 1.29 is 28.7 Å². The average molecular weight is 518 g/mol. The van der Waals surface area contributed by atoms with Gasteiger partial charge in [-0.3, -0.25) is 24.1 Å². The number of benzene rings is 2. The number of para-hydroxylation sites is 1. The van der Waals surface area contributed by atoms with Crippen LogP contribution in [0.1, 0.15) is 31.2 Å². The SMILES string of the molecule is CC1=CC(=O)C2=C(C1=O)C(c1cccc(F)c1O)C1=CCC3C(=O)N(c4ccc(Cl)cc4)C(=O)C3C1C2. The van der Waals surface area contributed by atoms with Gasteiger partial charge >= 0.3 is 0 Å². The molecule has 0 saturated carbocycles. The first-order chi connectivity index (χ1) is 17.7. The Morgan fingerprint density at radius 2 is 1.73 bits per heavy atom. The predicted molar refractivity (Wildman–Crippen MR) is 133 cm³/mol. The van der Waals surface area contributed by atoms with Crippen LogP contribution < -0.4 is 4.90 Å². The summed E-state index contributed by atoms with van der Waals surface area (Å²) >= 11 is 5.99. The van der Waals surface area contributed by atoms with Gasteiger partial charge in [-0.15, -0.1) is 0 Å². The number of carbonyl (C=O) groups is 4. The van der Waals surface area contributed by atoms with E-state index in [0.29, 0.717) is 16.3 Å². The van der Waals surface area contributed by atoms with Crippen LogP contribution in [0.2, 0.25) is 5.02 Å². The first-order valence-electron chi connectivity index (χ1n) is 12.0. The van der Waals surface area contributed by atoms with Crippen LogP contribution in [-0.4, -0.2) is 28.5 Å². The molecule has 2 aromatic rings. The number of amides is 2. The minimum absolute atomic E-state index is 0.108. The highest BCUT2D eigenvalue weighted by molar-refractivity contribution is 6.31. The van der Waals surface area contributed by atoms with Gasteiger partial charge in [-0.2, -0.15) is 0 Å². The van der Waals surface area contributed by atoms with Gasteiger partial charge in [0.2, 0.25) is 11.8 Å². The summed E-state index contributed by atoms with van der Waals surface area (Å²) in [7, 11) is 0. The monoisotopic (exact) mass is 517 g/mol. The number of hydrogen-bond acceptors (Lipinski definition) is 5. The standard InChI is InChI=1S/C29H21ClFNO5/c1-13-11-22(33)20-12-19-16(23(25(20)26(13)34)17-3-2-4-21(31)27(17)35)9-10-18-24(19)29(37)32(28(18)36)15-7-5-14(30)6-8-15/h2-9,11,18-19,23-24,35H,10,12H2,1H3. The van der Waals surface area contributed by atoms with E-state index in [0.717, 1.165) is 6.07 Å². The normalized spacial score (nSPS) is 27.1. The minimum Gasteiger partial charge on any atom is -0.505 e. The Bertz CT molecular complexity index is 1520. The Kier molecular flexibility index (Phi) is 5.31. The zero-order chi connectivity index (χ0) is 26.2. The number of anilines is 1. The first kappa shape index (κ1) is 23.6. The number of hydrogen-bond donors (Lipinski definition) is 1. The molecule has 8 heteroatoms. The summed E-state index contributed by atoms with van der Waals surface area (Å²) in [6.07, 6.45) is 3.46. The number of phenolic OH excluding ortho intramolecular Hbond substituents is 1. The molecule has 4 unspecified atom stereocenters. The third-order valence-electron chi connectivity index (χ3n) is 7.98. The summed E-state index contributed by atoms with van der Waals surface area (Å²) in [5, 5.41) is 11.1. The second-order valence-corrected chi connectivity index (χ2v) is 10.3. The van der Waals surface area contributed by atoms with E-state index in [2.05, 4.69) is 0 Å². The highest BCUT2D eigenvalue weighted by Crippen LogP contribution is 2.56. The Balaban J connectivity index is 1.50. The number of fused-ring (bicyclic) bond motifs is 3. The van der Waals surface area contributed by atoms with E-state index < -0.39 is 35.2 Å². The molecule has 186 valence electrons. The molecule has 37 heavy (non-hydrogen) atoms. The average Bonchev–Trinajstić information content (AvgIpc) is 3.13.